The third-order valence-corrected chi connectivity index (χ3v) is 3.50. The average Bonchev–Trinajstić information content (AvgIpc) is 2.87. The van der Waals surface area contributed by atoms with Crippen molar-refractivity contribution in [1.82, 2.24) is 19.9 Å². The van der Waals surface area contributed by atoms with Crippen molar-refractivity contribution in [3.8, 4) is 5.75 Å². The number of nitrogens with one attached hydrogen (secondary N) is 1. The van der Waals surface area contributed by atoms with E-state index in [0.29, 0.717) is 10.8 Å². The van der Waals surface area contributed by atoms with Gasteiger partial charge in [0.05, 0.1) is 12.5 Å². The molecule has 0 aliphatic heterocycles. The van der Waals surface area contributed by atoms with Crippen molar-refractivity contribution in [2.75, 3.05) is 0 Å². The quantitative estimate of drug-likeness (QED) is 0.747. The predicted molar refractivity (Wildman–Crippen MR) is 82.6 cm³/mol. The van der Waals surface area contributed by atoms with E-state index >= 15 is 0 Å². The lowest BCUT2D eigenvalue weighted by Gasteiger charge is -2.21. The van der Waals surface area contributed by atoms with Crippen LogP contribution in [0.3, 0.4) is 0 Å². The zero-order valence-electron chi connectivity index (χ0n) is 12.1. The van der Waals surface area contributed by atoms with E-state index in [-0.39, 0.29) is 5.60 Å². The molecule has 3 aromatic rings. The number of imidazole rings is 1. The summed E-state index contributed by atoms with van der Waals surface area (Å²) >= 11 is 1.50. The monoisotopic (exact) mass is 300 g/mol. The predicted octanol–water partition coefficient (Wildman–Crippen LogP) is 3.68. The van der Waals surface area contributed by atoms with Gasteiger partial charge in [0, 0.05) is 4.90 Å². The van der Waals surface area contributed by atoms with Crippen molar-refractivity contribution in [2.24, 2.45) is 0 Å². The first-order valence-corrected chi connectivity index (χ1v) is 7.44. The van der Waals surface area contributed by atoms with E-state index in [4.69, 9.17) is 4.74 Å². The molecule has 1 aromatic carbocycles. The summed E-state index contributed by atoms with van der Waals surface area (Å²) in [6.45, 7) is 6.09. The highest BCUT2D eigenvalue weighted by Crippen LogP contribution is 2.28. The van der Waals surface area contributed by atoms with Gasteiger partial charge in [-0.3, -0.25) is 0 Å². The van der Waals surface area contributed by atoms with Gasteiger partial charge in [-0.15, -0.1) is 0 Å². The highest BCUT2D eigenvalue weighted by Gasteiger charge is 2.11. The summed E-state index contributed by atoms with van der Waals surface area (Å²) in [4.78, 5) is 16.9. The van der Waals surface area contributed by atoms with Crippen molar-refractivity contribution in [3.05, 3.63) is 36.8 Å². The number of nitrogens with zero attached hydrogens (tertiary/aromatic N) is 3. The first-order chi connectivity index (χ1) is 9.99. The Bertz CT molecular complexity index is 746. The SMILES string of the molecule is CC(C)(C)Oc1ccc(Sc2ncc3[nH]cnc3n2)cc1. The van der Waals surface area contributed by atoms with Crippen molar-refractivity contribution in [3.63, 3.8) is 0 Å². The van der Waals surface area contributed by atoms with E-state index in [1.54, 1.807) is 12.5 Å². The standard InChI is InChI=1S/C15H16N4OS/c1-15(2,3)20-10-4-6-11(7-5-10)21-14-16-8-12-13(19-14)18-9-17-12/h4-9H,1-3H3,(H,16,17,18,19). The Morgan fingerprint density at radius 1 is 1.10 bits per heavy atom. The number of H-pyrrole nitrogens is 1. The Hall–Kier alpha value is -2.08. The maximum absolute atomic E-state index is 5.80. The fraction of sp³-hybridized carbons (Fsp3) is 0.267. The van der Waals surface area contributed by atoms with Crippen LogP contribution in [0.5, 0.6) is 5.75 Å². The minimum absolute atomic E-state index is 0.192. The lowest BCUT2D eigenvalue weighted by molar-refractivity contribution is 0.131. The normalized spacial score (nSPS) is 11.8. The summed E-state index contributed by atoms with van der Waals surface area (Å²) in [5.74, 6) is 0.857. The number of aromatic amines is 1. The van der Waals surface area contributed by atoms with Gasteiger partial charge in [-0.1, -0.05) is 0 Å². The van der Waals surface area contributed by atoms with Gasteiger partial charge < -0.3 is 9.72 Å². The molecule has 0 unspecified atom stereocenters. The Morgan fingerprint density at radius 3 is 2.57 bits per heavy atom. The van der Waals surface area contributed by atoms with Gasteiger partial charge in [-0.05, 0) is 56.8 Å². The molecule has 6 heteroatoms. The second-order valence-corrected chi connectivity index (χ2v) is 6.62. The third-order valence-electron chi connectivity index (χ3n) is 2.61. The van der Waals surface area contributed by atoms with E-state index in [9.17, 15) is 0 Å². The second-order valence-electron chi connectivity index (χ2n) is 5.58. The van der Waals surface area contributed by atoms with Crippen molar-refractivity contribution >= 4 is 22.9 Å². The highest BCUT2D eigenvalue weighted by atomic mass is 32.2. The molecule has 0 fully saturated rings. The van der Waals surface area contributed by atoms with Crippen LogP contribution in [0.4, 0.5) is 0 Å². The fourth-order valence-corrected chi connectivity index (χ4v) is 2.52. The van der Waals surface area contributed by atoms with Crippen molar-refractivity contribution in [2.45, 2.75) is 36.4 Å². The molecule has 21 heavy (non-hydrogen) atoms. The van der Waals surface area contributed by atoms with Crippen LogP contribution in [0.25, 0.3) is 11.2 Å². The largest absolute Gasteiger partial charge is 0.488 e. The number of ether oxygens (including phenoxy) is 1. The molecule has 2 heterocycles. The zero-order chi connectivity index (χ0) is 14.9. The Kier molecular flexibility index (Phi) is 3.55. The lowest BCUT2D eigenvalue weighted by Crippen LogP contribution is -2.22. The number of benzene rings is 1. The van der Waals surface area contributed by atoms with Crippen molar-refractivity contribution < 1.29 is 4.74 Å². The summed E-state index contributed by atoms with van der Waals surface area (Å²) in [6, 6.07) is 7.93. The molecule has 5 nitrogen and oxygen atoms in total. The van der Waals surface area contributed by atoms with Gasteiger partial charge >= 0.3 is 0 Å². The summed E-state index contributed by atoms with van der Waals surface area (Å²) in [5, 5.41) is 0.680. The van der Waals surface area contributed by atoms with Crippen LogP contribution >= 0.6 is 11.8 Å². The third kappa shape index (κ3) is 3.52. The van der Waals surface area contributed by atoms with Crippen LogP contribution in [0.2, 0.25) is 0 Å². The maximum Gasteiger partial charge on any atom is 0.194 e. The van der Waals surface area contributed by atoms with Crippen LogP contribution < -0.4 is 4.74 Å². The molecule has 0 saturated carbocycles. The van der Waals surface area contributed by atoms with Crippen LogP contribution in [0, 0.1) is 0 Å². The molecule has 0 amide bonds. The number of fused-ring (bicyclic) bond motifs is 1. The minimum Gasteiger partial charge on any atom is -0.488 e. The topological polar surface area (TPSA) is 63.7 Å². The van der Waals surface area contributed by atoms with Gasteiger partial charge in [-0.2, -0.15) is 0 Å². The molecule has 0 atom stereocenters. The van der Waals surface area contributed by atoms with Crippen molar-refractivity contribution in [1.29, 1.82) is 0 Å². The van der Waals surface area contributed by atoms with Crippen LogP contribution in [0.15, 0.2) is 46.8 Å². The Balaban J connectivity index is 1.75. The Labute approximate surface area is 127 Å². The fourth-order valence-electron chi connectivity index (χ4n) is 1.80. The van der Waals surface area contributed by atoms with E-state index in [1.807, 2.05) is 45.0 Å². The summed E-state index contributed by atoms with van der Waals surface area (Å²) in [5.41, 5.74) is 1.33. The maximum atomic E-state index is 5.80. The zero-order valence-corrected chi connectivity index (χ0v) is 12.9. The number of rotatable bonds is 3. The molecule has 0 radical (unpaired) electrons. The molecule has 108 valence electrons. The molecule has 0 aliphatic rings. The van der Waals surface area contributed by atoms with Crippen LogP contribution in [-0.4, -0.2) is 25.5 Å². The first kappa shape index (κ1) is 13.9. The average molecular weight is 300 g/mol. The van der Waals surface area contributed by atoms with E-state index in [1.165, 1.54) is 11.8 Å². The number of hydrogen-bond acceptors (Lipinski definition) is 5. The van der Waals surface area contributed by atoms with Gasteiger partial charge in [0.25, 0.3) is 0 Å². The summed E-state index contributed by atoms with van der Waals surface area (Å²) in [6.07, 6.45) is 3.36. The lowest BCUT2D eigenvalue weighted by atomic mass is 10.2. The second kappa shape index (κ2) is 5.37. The number of aromatic nitrogens is 4. The van der Waals surface area contributed by atoms with Gasteiger partial charge in [0.1, 0.15) is 16.9 Å². The molecular formula is C15H16N4OS. The molecule has 0 aliphatic carbocycles. The molecule has 0 bridgehead atoms. The van der Waals surface area contributed by atoms with Gasteiger partial charge in [0.15, 0.2) is 10.8 Å². The molecule has 0 saturated heterocycles. The molecule has 0 spiro atoms. The summed E-state index contributed by atoms with van der Waals surface area (Å²) in [7, 11) is 0. The van der Waals surface area contributed by atoms with E-state index in [2.05, 4.69) is 19.9 Å². The van der Waals surface area contributed by atoms with E-state index in [0.717, 1.165) is 16.2 Å². The van der Waals surface area contributed by atoms with Gasteiger partial charge in [0.2, 0.25) is 0 Å². The molecule has 1 N–H and O–H groups in total. The molecule has 3 rings (SSSR count). The van der Waals surface area contributed by atoms with Gasteiger partial charge in [-0.25, -0.2) is 15.0 Å². The first-order valence-electron chi connectivity index (χ1n) is 6.63. The van der Waals surface area contributed by atoms with Crippen LogP contribution in [0.1, 0.15) is 20.8 Å². The highest BCUT2D eigenvalue weighted by molar-refractivity contribution is 7.99. The smallest absolute Gasteiger partial charge is 0.194 e. The molecule has 2 aromatic heterocycles. The number of hydrogen-bond donors (Lipinski definition) is 1. The molecular weight excluding hydrogens is 284 g/mol. The minimum atomic E-state index is -0.192. The van der Waals surface area contributed by atoms with E-state index < -0.39 is 0 Å². The summed E-state index contributed by atoms with van der Waals surface area (Å²) < 4.78 is 5.80. The van der Waals surface area contributed by atoms with Crippen LogP contribution in [-0.2, 0) is 0 Å². The Morgan fingerprint density at radius 2 is 1.86 bits per heavy atom.